The van der Waals surface area contributed by atoms with Crippen molar-refractivity contribution in [3.8, 4) is 5.75 Å². The quantitative estimate of drug-likeness (QED) is 0.391. The van der Waals surface area contributed by atoms with Gasteiger partial charge in [-0.2, -0.15) is 4.31 Å². The molecular formula is C16H24N4O5S. The molecule has 1 heterocycles. The minimum Gasteiger partial charge on any atom is -0.497 e. The molecule has 10 heteroatoms. The summed E-state index contributed by atoms with van der Waals surface area (Å²) in [6.07, 6.45) is 0.0618. The van der Waals surface area contributed by atoms with Gasteiger partial charge in [0.15, 0.2) is 0 Å². The first-order chi connectivity index (χ1) is 12.3. The van der Waals surface area contributed by atoms with Crippen LogP contribution < -0.4 is 16.0 Å². The van der Waals surface area contributed by atoms with Crippen LogP contribution in [0.2, 0.25) is 0 Å². The first kappa shape index (κ1) is 20.1. The highest BCUT2D eigenvalue weighted by Crippen LogP contribution is 2.25. The van der Waals surface area contributed by atoms with E-state index >= 15 is 0 Å². The van der Waals surface area contributed by atoms with Gasteiger partial charge in [0.1, 0.15) is 5.75 Å². The second kappa shape index (κ2) is 8.47. The van der Waals surface area contributed by atoms with Gasteiger partial charge in [-0.05, 0) is 30.7 Å². The summed E-state index contributed by atoms with van der Waals surface area (Å²) in [5.41, 5.74) is 2.58. The van der Waals surface area contributed by atoms with Crippen molar-refractivity contribution >= 4 is 21.8 Å². The molecule has 144 valence electrons. The second-order valence-electron chi connectivity index (χ2n) is 5.98. The van der Waals surface area contributed by atoms with Crippen molar-refractivity contribution in [1.29, 1.82) is 0 Å². The molecule has 26 heavy (non-hydrogen) atoms. The van der Waals surface area contributed by atoms with Crippen molar-refractivity contribution in [1.82, 2.24) is 14.6 Å². The smallest absolute Gasteiger partial charge is 0.243 e. The Kier molecular flexibility index (Phi) is 6.57. The highest BCUT2D eigenvalue weighted by atomic mass is 32.2. The average molecular weight is 384 g/mol. The summed E-state index contributed by atoms with van der Waals surface area (Å²) in [4.78, 5) is 25.0. The normalized spacial score (nSPS) is 15.6. The lowest BCUT2D eigenvalue weighted by atomic mass is 10.2. The van der Waals surface area contributed by atoms with Gasteiger partial charge in [-0.25, -0.2) is 14.3 Å². The Morgan fingerprint density at radius 1 is 1.19 bits per heavy atom. The number of nitrogens with two attached hydrogens (primary N) is 1. The Balaban J connectivity index is 2.00. The van der Waals surface area contributed by atoms with E-state index in [-0.39, 0.29) is 49.8 Å². The SMILES string of the molecule is COc1ccc(S(=O)(=O)N2CCN(C(=O)CCC(=O)NN)CC2)c(C)c1. The van der Waals surface area contributed by atoms with Crippen LogP contribution in [0.25, 0.3) is 0 Å². The standard InChI is InChI=1S/C16H24N4O5S/c1-12-11-13(25-2)3-4-14(12)26(23,24)20-9-7-19(8-10-20)16(22)6-5-15(21)18-17/h3-4,11H,5-10,17H2,1-2H3,(H,18,21). The molecule has 2 rings (SSSR count). The van der Waals surface area contributed by atoms with E-state index in [0.29, 0.717) is 11.3 Å². The number of piperazine rings is 1. The highest BCUT2D eigenvalue weighted by molar-refractivity contribution is 7.89. The van der Waals surface area contributed by atoms with Gasteiger partial charge in [0, 0.05) is 39.0 Å². The van der Waals surface area contributed by atoms with Crippen molar-refractivity contribution in [2.24, 2.45) is 5.84 Å². The molecule has 0 atom stereocenters. The molecule has 0 spiro atoms. The van der Waals surface area contributed by atoms with Crippen LogP contribution in [-0.4, -0.2) is 62.7 Å². The van der Waals surface area contributed by atoms with Crippen LogP contribution >= 0.6 is 0 Å². The molecular weight excluding hydrogens is 360 g/mol. The van der Waals surface area contributed by atoms with Crippen LogP contribution in [-0.2, 0) is 19.6 Å². The van der Waals surface area contributed by atoms with Crippen LogP contribution in [0.15, 0.2) is 23.1 Å². The molecule has 1 fully saturated rings. The van der Waals surface area contributed by atoms with Crippen LogP contribution in [0.1, 0.15) is 18.4 Å². The van der Waals surface area contributed by atoms with E-state index in [1.54, 1.807) is 24.0 Å². The number of hydrazine groups is 1. The molecule has 0 saturated carbocycles. The third kappa shape index (κ3) is 4.51. The number of aryl methyl sites for hydroxylation is 1. The summed E-state index contributed by atoms with van der Waals surface area (Å²) in [5, 5.41) is 0. The number of hydrogen-bond donors (Lipinski definition) is 2. The fraction of sp³-hybridized carbons (Fsp3) is 0.500. The monoisotopic (exact) mass is 384 g/mol. The van der Waals surface area contributed by atoms with Crippen molar-refractivity contribution in [2.75, 3.05) is 33.3 Å². The highest BCUT2D eigenvalue weighted by Gasteiger charge is 2.31. The number of carbonyl (C=O) groups is 2. The Morgan fingerprint density at radius 2 is 1.85 bits per heavy atom. The Labute approximate surface area is 153 Å². The van der Waals surface area contributed by atoms with Crippen LogP contribution in [0, 0.1) is 6.92 Å². The van der Waals surface area contributed by atoms with E-state index in [2.05, 4.69) is 0 Å². The molecule has 1 saturated heterocycles. The molecule has 0 aliphatic carbocycles. The molecule has 0 radical (unpaired) electrons. The Morgan fingerprint density at radius 3 is 2.38 bits per heavy atom. The van der Waals surface area contributed by atoms with Crippen molar-refractivity contribution in [3.63, 3.8) is 0 Å². The third-order valence-electron chi connectivity index (χ3n) is 4.32. The number of amides is 2. The maximum Gasteiger partial charge on any atom is 0.243 e. The first-order valence-electron chi connectivity index (χ1n) is 8.21. The maximum atomic E-state index is 12.9. The summed E-state index contributed by atoms with van der Waals surface area (Å²) in [5.74, 6) is 4.98. The lowest BCUT2D eigenvalue weighted by molar-refractivity contribution is -0.134. The molecule has 1 aliphatic rings. The molecule has 0 aromatic heterocycles. The van der Waals surface area contributed by atoms with E-state index in [9.17, 15) is 18.0 Å². The molecule has 9 nitrogen and oxygen atoms in total. The number of nitrogens with zero attached hydrogens (tertiary/aromatic N) is 2. The number of carbonyl (C=O) groups excluding carboxylic acids is 2. The molecule has 3 N–H and O–H groups in total. The number of hydrogen-bond acceptors (Lipinski definition) is 6. The predicted molar refractivity (Wildman–Crippen MR) is 94.6 cm³/mol. The minimum absolute atomic E-state index is 0.0128. The van der Waals surface area contributed by atoms with E-state index in [0.717, 1.165) is 0 Å². The van der Waals surface area contributed by atoms with Gasteiger partial charge in [-0.1, -0.05) is 0 Å². The number of sulfonamides is 1. The zero-order valence-corrected chi connectivity index (χ0v) is 15.7. The predicted octanol–water partition coefficient (Wildman–Crippen LogP) is -0.393. The molecule has 1 aromatic rings. The Hall–Kier alpha value is -2.17. The Bertz CT molecular complexity index is 773. The number of benzene rings is 1. The van der Waals surface area contributed by atoms with Gasteiger partial charge in [0.25, 0.3) is 0 Å². The van der Waals surface area contributed by atoms with Gasteiger partial charge in [-0.15, -0.1) is 0 Å². The fourth-order valence-corrected chi connectivity index (χ4v) is 4.43. The van der Waals surface area contributed by atoms with Crippen LogP contribution in [0.4, 0.5) is 0 Å². The van der Waals surface area contributed by atoms with Gasteiger partial charge < -0.3 is 9.64 Å². The van der Waals surface area contributed by atoms with E-state index in [4.69, 9.17) is 10.6 Å². The first-order valence-corrected chi connectivity index (χ1v) is 9.65. The minimum atomic E-state index is -3.64. The number of nitrogens with one attached hydrogen (secondary N) is 1. The lowest BCUT2D eigenvalue weighted by Crippen LogP contribution is -2.50. The number of rotatable bonds is 6. The van der Waals surface area contributed by atoms with E-state index in [1.807, 2.05) is 5.43 Å². The summed E-state index contributed by atoms with van der Waals surface area (Å²) < 4.78 is 32.2. The summed E-state index contributed by atoms with van der Waals surface area (Å²) in [6, 6.07) is 4.82. The zero-order chi connectivity index (χ0) is 19.3. The number of ether oxygens (including phenoxy) is 1. The van der Waals surface area contributed by atoms with Gasteiger partial charge in [-0.3, -0.25) is 15.0 Å². The largest absolute Gasteiger partial charge is 0.497 e. The second-order valence-corrected chi connectivity index (χ2v) is 7.89. The molecule has 0 unspecified atom stereocenters. The number of methoxy groups -OCH3 is 1. The van der Waals surface area contributed by atoms with Crippen LogP contribution in [0.3, 0.4) is 0 Å². The van der Waals surface area contributed by atoms with Crippen LogP contribution in [0.5, 0.6) is 5.75 Å². The van der Waals surface area contributed by atoms with E-state index in [1.165, 1.54) is 17.5 Å². The average Bonchev–Trinajstić information content (AvgIpc) is 2.65. The molecule has 2 amide bonds. The van der Waals surface area contributed by atoms with Gasteiger partial charge in [0.05, 0.1) is 12.0 Å². The van der Waals surface area contributed by atoms with Crippen molar-refractivity contribution in [2.45, 2.75) is 24.7 Å². The van der Waals surface area contributed by atoms with Crippen molar-refractivity contribution < 1.29 is 22.7 Å². The van der Waals surface area contributed by atoms with Gasteiger partial charge in [0.2, 0.25) is 21.8 Å². The lowest BCUT2D eigenvalue weighted by Gasteiger charge is -2.34. The summed E-state index contributed by atoms with van der Waals surface area (Å²) in [6.45, 7) is 2.72. The zero-order valence-electron chi connectivity index (χ0n) is 14.9. The molecule has 1 aliphatic heterocycles. The molecule has 0 bridgehead atoms. The van der Waals surface area contributed by atoms with Gasteiger partial charge >= 0.3 is 0 Å². The summed E-state index contributed by atoms with van der Waals surface area (Å²) >= 11 is 0. The fourth-order valence-electron chi connectivity index (χ4n) is 2.81. The molecule has 1 aromatic carbocycles. The summed E-state index contributed by atoms with van der Waals surface area (Å²) in [7, 11) is -2.11. The third-order valence-corrected chi connectivity index (χ3v) is 6.38. The van der Waals surface area contributed by atoms with Crippen molar-refractivity contribution in [3.05, 3.63) is 23.8 Å². The topological polar surface area (TPSA) is 122 Å². The maximum absolute atomic E-state index is 12.9. The van der Waals surface area contributed by atoms with E-state index < -0.39 is 15.9 Å².